The molecule has 0 aromatic rings. The topological polar surface area (TPSA) is 0 Å². The van der Waals surface area contributed by atoms with Gasteiger partial charge in [0.15, 0.2) is 0 Å². The molecule has 0 aliphatic heterocycles. The highest BCUT2D eigenvalue weighted by atomic mass is 127. The Bertz CT molecular complexity index is 121. The smallest absolute Gasteiger partial charge is 0.0116 e. The minimum atomic E-state index is 0.387. The Hall–Kier alpha value is 1.16. The highest BCUT2D eigenvalue weighted by molar-refractivity contribution is 14.2. The molecule has 0 N–H and O–H groups in total. The predicted molar refractivity (Wildman–Crippen MR) is 65.5 cm³/mol. The Labute approximate surface area is 90.1 Å². The van der Waals surface area contributed by atoms with Crippen molar-refractivity contribution >= 4 is 27.6 Å². The summed E-state index contributed by atoms with van der Waals surface area (Å²) in [5, 5.41) is 0. The first-order valence-electron chi connectivity index (χ1n) is 5.32. The average Bonchev–Trinajstić information content (AvgIpc) is 2.77. The van der Waals surface area contributed by atoms with Crippen molar-refractivity contribution in [2.45, 2.75) is 62.7 Å². The predicted octanol–water partition coefficient (Wildman–Crippen LogP) is 4.70. The second kappa shape index (κ2) is 4.59. The summed E-state index contributed by atoms with van der Waals surface area (Å²) in [6.07, 6.45) is 12.4. The van der Waals surface area contributed by atoms with E-state index in [4.69, 9.17) is 0 Å². The highest BCUT2D eigenvalue weighted by Crippen LogP contribution is 2.62. The van der Waals surface area contributed by atoms with E-state index in [9.17, 15) is 0 Å². The summed E-state index contributed by atoms with van der Waals surface area (Å²) >= 11 is 2.81. The fourth-order valence-electron chi connectivity index (χ4n) is 2.60. The molecule has 0 nitrogen and oxygen atoms in total. The lowest BCUT2D eigenvalue weighted by atomic mass is 10.4. The van der Waals surface area contributed by atoms with Gasteiger partial charge < -0.3 is 0 Å². The fraction of sp³-hybridized carbons (Fsp3) is 1.00. The molecule has 0 aromatic carbocycles. The minimum absolute atomic E-state index is 0.387. The van der Waals surface area contributed by atoms with Crippen LogP contribution in [0, 0.1) is 0 Å². The third-order valence-corrected chi connectivity index (χ3v) is 10.5. The van der Waals surface area contributed by atoms with Crippen LogP contribution in [0.3, 0.4) is 0 Å². The maximum absolute atomic E-state index is 2.81. The van der Waals surface area contributed by atoms with Gasteiger partial charge in [0.1, 0.15) is 0 Å². The van der Waals surface area contributed by atoms with E-state index in [1.165, 1.54) is 25.7 Å². The second-order valence-corrected chi connectivity index (χ2v) is 9.71. The quantitative estimate of drug-likeness (QED) is 0.511. The monoisotopic (exact) mass is 296 g/mol. The van der Waals surface area contributed by atoms with Crippen LogP contribution in [0.15, 0.2) is 0 Å². The van der Waals surface area contributed by atoms with Gasteiger partial charge in [-0.1, -0.05) is 47.7 Å². The van der Waals surface area contributed by atoms with Gasteiger partial charge >= 0.3 is 0 Å². The average molecular weight is 296 g/mol. The Balaban J connectivity index is 1.84. The fourth-order valence-corrected chi connectivity index (χ4v) is 8.26. The summed E-state index contributed by atoms with van der Waals surface area (Å²) in [6, 6.07) is 0. The van der Waals surface area contributed by atoms with Crippen LogP contribution in [-0.2, 0) is 0 Å². The van der Waals surface area contributed by atoms with Crippen molar-refractivity contribution in [3.8, 4) is 0 Å². The van der Waals surface area contributed by atoms with Gasteiger partial charge in [0.05, 0.1) is 0 Å². The Morgan fingerprint density at radius 3 is 1.42 bits per heavy atom. The maximum atomic E-state index is 2.81. The van der Waals surface area contributed by atoms with E-state index < -0.39 is 0 Å². The molecule has 0 saturated heterocycles. The van der Waals surface area contributed by atoms with Crippen LogP contribution < -0.4 is 0 Å². The van der Waals surface area contributed by atoms with E-state index >= 15 is 0 Å². The van der Waals surface area contributed by atoms with Crippen LogP contribution >= 0.6 is 27.6 Å². The van der Waals surface area contributed by atoms with Crippen LogP contribution in [0.25, 0.3) is 0 Å². The molecule has 0 spiro atoms. The van der Waals surface area contributed by atoms with Crippen LogP contribution in [0.1, 0.15) is 51.4 Å². The molecule has 0 heterocycles. The molecule has 2 saturated carbocycles. The number of hydrogen-bond acceptors (Lipinski definition) is 0. The van der Waals surface area contributed by atoms with Gasteiger partial charge in [-0.15, -0.1) is 0 Å². The number of halogens is 1. The number of hydrogen-bond donors (Lipinski definition) is 0. The van der Waals surface area contributed by atoms with E-state index in [2.05, 4.69) is 22.0 Å². The first kappa shape index (κ1) is 9.71. The minimum Gasteiger partial charge on any atom is -0.0529 e. The summed E-state index contributed by atoms with van der Waals surface area (Å²) in [4.78, 5) is 0. The molecule has 2 fully saturated rings. The molecule has 0 atom stereocenters. The molecular weight excluding hydrogens is 278 g/mol. The van der Waals surface area contributed by atoms with E-state index in [-0.39, 0.29) is 0 Å². The first-order chi connectivity index (χ1) is 5.88. The van der Waals surface area contributed by atoms with Crippen molar-refractivity contribution < 1.29 is 0 Å². The Morgan fingerprint density at radius 1 is 0.750 bits per heavy atom. The molecule has 2 aliphatic rings. The van der Waals surface area contributed by atoms with Gasteiger partial charge in [0.25, 0.3) is 0 Å². The first-order valence-corrected chi connectivity index (χ1v) is 9.58. The molecule has 0 radical (unpaired) electrons. The zero-order chi connectivity index (χ0) is 8.39. The van der Waals surface area contributed by atoms with Crippen LogP contribution in [0.4, 0.5) is 0 Å². The standard InChI is InChI=1S/C10H18IP/c11-12(9-5-1-2-6-9)10-7-3-4-8-10/h9-10H,1-8H2. The molecule has 0 aromatic heterocycles. The lowest BCUT2D eigenvalue weighted by molar-refractivity contribution is 0.843. The lowest BCUT2D eigenvalue weighted by Crippen LogP contribution is -2.05. The molecule has 2 aliphatic carbocycles. The van der Waals surface area contributed by atoms with Crippen molar-refractivity contribution in [1.29, 1.82) is 0 Å². The zero-order valence-electron chi connectivity index (χ0n) is 7.64. The van der Waals surface area contributed by atoms with Gasteiger partial charge in [-0.2, -0.15) is 0 Å². The molecule has 0 unspecified atom stereocenters. The summed E-state index contributed by atoms with van der Waals surface area (Å²) in [6.45, 7) is 0. The van der Waals surface area contributed by atoms with Crippen molar-refractivity contribution in [3.05, 3.63) is 0 Å². The molecule has 2 heteroatoms. The van der Waals surface area contributed by atoms with Gasteiger partial charge in [-0.3, -0.25) is 0 Å². The largest absolute Gasteiger partial charge is 0.0529 e. The van der Waals surface area contributed by atoms with Gasteiger partial charge in [0.2, 0.25) is 0 Å². The summed E-state index contributed by atoms with van der Waals surface area (Å²) in [5.41, 5.74) is 2.70. The molecular formula is C10H18IP. The third-order valence-electron chi connectivity index (χ3n) is 3.35. The van der Waals surface area contributed by atoms with E-state index in [0.29, 0.717) is 5.56 Å². The van der Waals surface area contributed by atoms with Gasteiger partial charge in [-0.05, 0) is 42.6 Å². The Morgan fingerprint density at radius 2 is 1.08 bits per heavy atom. The van der Waals surface area contributed by atoms with Gasteiger partial charge in [-0.25, -0.2) is 0 Å². The molecule has 0 bridgehead atoms. The van der Waals surface area contributed by atoms with Crippen LogP contribution in [0.5, 0.6) is 0 Å². The van der Waals surface area contributed by atoms with Crippen LogP contribution in [0.2, 0.25) is 0 Å². The maximum Gasteiger partial charge on any atom is -0.0116 e. The third kappa shape index (κ3) is 2.15. The second-order valence-electron chi connectivity index (χ2n) is 4.22. The van der Waals surface area contributed by atoms with Crippen molar-refractivity contribution in [2.75, 3.05) is 0 Å². The van der Waals surface area contributed by atoms with Crippen molar-refractivity contribution in [1.82, 2.24) is 0 Å². The zero-order valence-corrected chi connectivity index (χ0v) is 10.7. The summed E-state index contributed by atoms with van der Waals surface area (Å²) < 4.78 is 0. The number of rotatable bonds is 2. The van der Waals surface area contributed by atoms with Crippen molar-refractivity contribution in [3.63, 3.8) is 0 Å². The summed E-state index contributed by atoms with van der Waals surface area (Å²) in [7, 11) is 0. The van der Waals surface area contributed by atoms with Crippen LogP contribution in [-0.4, -0.2) is 11.3 Å². The summed E-state index contributed by atoms with van der Waals surface area (Å²) in [5.74, 6) is 0. The van der Waals surface area contributed by atoms with Gasteiger partial charge in [0, 0.05) is 0 Å². The molecule has 0 amide bonds. The Kier molecular flexibility index (Phi) is 3.71. The lowest BCUT2D eigenvalue weighted by Gasteiger charge is -2.23. The highest BCUT2D eigenvalue weighted by Gasteiger charge is 2.30. The van der Waals surface area contributed by atoms with E-state index in [1.54, 1.807) is 25.7 Å². The SMILES string of the molecule is IP(C1CCCC1)C1CCCC1. The van der Waals surface area contributed by atoms with E-state index in [1.807, 2.05) is 0 Å². The van der Waals surface area contributed by atoms with E-state index in [0.717, 1.165) is 11.3 Å². The molecule has 70 valence electrons. The normalized spacial score (nSPS) is 27.5. The van der Waals surface area contributed by atoms with Crippen molar-refractivity contribution in [2.24, 2.45) is 0 Å². The molecule has 12 heavy (non-hydrogen) atoms. The molecule has 2 rings (SSSR count).